The Kier molecular flexibility index (Phi) is 10.2. The fraction of sp³-hybridized carbons (Fsp3) is 0.286. The van der Waals surface area contributed by atoms with Crippen LogP contribution in [-0.2, 0) is 9.59 Å². The van der Waals surface area contributed by atoms with E-state index in [1.54, 1.807) is 38.1 Å². The Bertz CT molecular complexity index is 1610. The lowest BCUT2D eigenvalue weighted by molar-refractivity contribution is -0.133. The first-order chi connectivity index (χ1) is 22.2. The maximum absolute atomic E-state index is 12.7. The molecule has 11 nitrogen and oxygen atoms in total. The van der Waals surface area contributed by atoms with Crippen molar-refractivity contribution in [3.8, 4) is 11.5 Å². The molecule has 2 heterocycles. The molecular formula is C35H39N5O6. The third-order valence-corrected chi connectivity index (χ3v) is 8.18. The lowest BCUT2D eigenvalue weighted by Gasteiger charge is -2.36. The minimum atomic E-state index is -1.21. The zero-order valence-electron chi connectivity index (χ0n) is 26.0. The summed E-state index contributed by atoms with van der Waals surface area (Å²) in [5.41, 5.74) is 2.63. The molecule has 1 fully saturated rings. The van der Waals surface area contributed by atoms with Crippen molar-refractivity contribution >= 4 is 29.3 Å². The van der Waals surface area contributed by atoms with Crippen LogP contribution in [0.1, 0.15) is 31.7 Å². The maximum Gasteiger partial charge on any atom is 0.334 e. The average molecular weight is 626 g/mol. The molecule has 3 aromatic carbocycles. The fourth-order valence-electron chi connectivity index (χ4n) is 6.00. The van der Waals surface area contributed by atoms with Crippen LogP contribution in [0.2, 0.25) is 0 Å². The number of urea groups is 1. The van der Waals surface area contributed by atoms with Crippen molar-refractivity contribution in [1.82, 2.24) is 15.5 Å². The number of carboxylic acids is 2. The van der Waals surface area contributed by atoms with E-state index in [1.807, 2.05) is 48.5 Å². The standard InChI is InChI=1S/C35H39N5O6/c1-23-30(33(41)42)32(31(34(43)44)24(2)37-23)25-10-8-11-26(22-25)38-35(45)36-16-9-17-39-18-20-40(21-19-39)28-14-6-7-15-29(28)46-27-12-4-3-5-13-27/h3-8,10-15,22,32,37H,9,16-21H2,1-2H3,(H,41,42)(H,43,44)(H2,36,38,45). The number of carbonyl (C=O) groups is 3. The van der Waals surface area contributed by atoms with Crippen molar-refractivity contribution in [2.24, 2.45) is 0 Å². The maximum atomic E-state index is 12.7. The van der Waals surface area contributed by atoms with Gasteiger partial charge in [-0.3, -0.25) is 4.90 Å². The number of benzene rings is 3. The number of allylic oxidation sites excluding steroid dienone is 2. The Morgan fingerprint density at radius 3 is 2.17 bits per heavy atom. The molecule has 46 heavy (non-hydrogen) atoms. The van der Waals surface area contributed by atoms with Crippen LogP contribution >= 0.6 is 0 Å². The van der Waals surface area contributed by atoms with E-state index in [0.717, 1.165) is 56.3 Å². The van der Waals surface area contributed by atoms with Crippen molar-refractivity contribution in [3.05, 3.63) is 107 Å². The summed E-state index contributed by atoms with van der Waals surface area (Å²) in [6.07, 6.45) is 0.772. The SMILES string of the molecule is CC1=C(C(=O)O)C(c2cccc(NC(=O)NCCCN3CCN(c4ccccc4Oc4ccccc4)CC3)c2)C(C(=O)O)=C(C)N1. The van der Waals surface area contributed by atoms with Crippen LogP contribution in [-0.4, -0.2) is 72.4 Å². The summed E-state index contributed by atoms with van der Waals surface area (Å²) in [6, 6.07) is 24.1. The number of hydrogen-bond acceptors (Lipinski definition) is 7. The Morgan fingerprint density at radius 1 is 0.848 bits per heavy atom. The molecule has 240 valence electrons. The fourth-order valence-corrected chi connectivity index (χ4v) is 6.00. The van der Waals surface area contributed by atoms with Crippen LogP contribution in [0.25, 0.3) is 0 Å². The summed E-state index contributed by atoms with van der Waals surface area (Å²) in [5.74, 6) is -1.77. The molecule has 2 amide bonds. The summed E-state index contributed by atoms with van der Waals surface area (Å²) in [6.45, 7) is 8.06. The molecule has 0 unspecified atom stereocenters. The number of dihydropyridines is 1. The number of piperazine rings is 1. The molecule has 11 heteroatoms. The van der Waals surface area contributed by atoms with Gasteiger partial charge >= 0.3 is 18.0 Å². The van der Waals surface area contributed by atoms with Gasteiger partial charge in [0.25, 0.3) is 0 Å². The number of para-hydroxylation sites is 3. The molecule has 0 spiro atoms. The number of nitrogens with one attached hydrogen (secondary N) is 3. The number of anilines is 2. The zero-order valence-corrected chi connectivity index (χ0v) is 26.0. The predicted octanol–water partition coefficient (Wildman–Crippen LogP) is 5.22. The predicted molar refractivity (Wildman–Crippen MR) is 176 cm³/mol. The van der Waals surface area contributed by atoms with Gasteiger partial charge in [0.15, 0.2) is 5.75 Å². The topological polar surface area (TPSA) is 143 Å². The third kappa shape index (κ3) is 7.67. The Labute approximate surface area is 268 Å². The number of nitrogens with zero attached hydrogens (tertiary/aromatic N) is 2. The number of carbonyl (C=O) groups excluding carboxylic acids is 1. The minimum Gasteiger partial charge on any atom is -0.478 e. The summed E-state index contributed by atoms with van der Waals surface area (Å²) in [4.78, 5) is 41.6. The van der Waals surface area contributed by atoms with Crippen molar-refractivity contribution < 1.29 is 29.3 Å². The second-order valence-corrected chi connectivity index (χ2v) is 11.3. The van der Waals surface area contributed by atoms with E-state index < -0.39 is 23.9 Å². The Balaban J connectivity index is 1.10. The van der Waals surface area contributed by atoms with Crippen LogP contribution in [0.4, 0.5) is 16.2 Å². The first kappa shape index (κ1) is 32.1. The van der Waals surface area contributed by atoms with Crippen LogP contribution in [0, 0.1) is 0 Å². The van der Waals surface area contributed by atoms with Crippen molar-refractivity contribution in [1.29, 1.82) is 0 Å². The smallest absolute Gasteiger partial charge is 0.334 e. The van der Waals surface area contributed by atoms with Crippen molar-refractivity contribution in [2.45, 2.75) is 26.2 Å². The van der Waals surface area contributed by atoms with Crippen LogP contribution in [0.3, 0.4) is 0 Å². The van der Waals surface area contributed by atoms with Gasteiger partial charge in [-0.1, -0.05) is 42.5 Å². The van der Waals surface area contributed by atoms with E-state index in [2.05, 4.69) is 31.8 Å². The van der Waals surface area contributed by atoms with E-state index in [1.165, 1.54) is 0 Å². The van der Waals surface area contributed by atoms with E-state index >= 15 is 0 Å². The van der Waals surface area contributed by atoms with E-state index in [-0.39, 0.29) is 11.1 Å². The number of rotatable bonds is 11. The second-order valence-electron chi connectivity index (χ2n) is 11.3. The average Bonchev–Trinajstić information content (AvgIpc) is 3.03. The number of amides is 2. The van der Waals surface area contributed by atoms with Gasteiger partial charge in [0, 0.05) is 49.8 Å². The highest BCUT2D eigenvalue weighted by atomic mass is 16.5. The number of hydrogen-bond donors (Lipinski definition) is 5. The van der Waals surface area contributed by atoms with E-state index in [9.17, 15) is 24.6 Å². The van der Waals surface area contributed by atoms with Crippen molar-refractivity contribution in [3.63, 3.8) is 0 Å². The molecule has 0 radical (unpaired) electrons. The quantitative estimate of drug-likeness (QED) is 0.181. The monoisotopic (exact) mass is 625 g/mol. The first-order valence-electron chi connectivity index (χ1n) is 15.3. The largest absolute Gasteiger partial charge is 0.478 e. The molecule has 0 saturated carbocycles. The first-order valence-corrected chi connectivity index (χ1v) is 15.3. The highest BCUT2D eigenvalue weighted by molar-refractivity contribution is 5.98. The molecule has 0 aromatic heterocycles. The van der Waals surface area contributed by atoms with Gasteiger partial charge in [-0.2, -0.15) is 0 Å². The second kappa shape index (κ2) is 14.7. The van der Waals surface area contributed by atoms with E-state index in [0.29, 0.717) is 29.2 Å². The van der Waals surface area contributed by atoms with Crippen LogP contribution in [0.15, 0.2) is 101 Å². The number of ether oxygens (including phenoxy) is 1. The lowest BCUT2D eigenvalue weighted by atomic mass is 9.80. The molecule has 2 aliphatic heterocycles. The van der Waals surface area contributed by atoms with Crippen LogP contribution < -0.4 is 25.6 Å². The molecule has 0 atom stereocenters. The molecule has 1 saturated heterocycles. The molecule has 3 aromatic rings. The zero-order chi connectivity index (χ0) is 32.6. The van der Waals surface area contributed by atoms with Gasteiger partial charge in [-0.15, -0.1) is 0 Å². The third-order valence-electron chi connectivity index (χ3n) is 8.18. The normalized spacial score (nSPS) is 15.7. The Hall–Kier alpha value is -5.29. The van der Waals surface area contributed by atoms with Gasteiger partial charge in [0.1, 0.15) is 5.75 Å². The van der Waals surface area contributed by atoms with Gasteiger partial charge in [-0.05, 0) is 68.8 Å². The number of carboxylic acid groups (broad SMARTS) is 2. The summed E-state index contributed by atoms with van der Waals surface area (Å²) >= 11 is 0. The van der Waals surface area contributed by atoms with Crippen LogP contribution in [0.5, 0.6) is 11.5 Å². The summed E-state index contributed by atoms with van der Waals surface area (Å²) in [7, 11) is 0. The van der Waals surface area contributed by atoms with Gasteiger partial charge in [0.2, 0.25) is 0 Å². The number of aliphatic carboxylic acids is 2. The molecule has 0 bridgehead atoms. The van der Waals surface area contributed by atoms with E-state index in [4.69, 9.17) is 4.74 Å². The summed E-state index contributed by atoms with van der Waals surface area (Å²) in [5, 5.41) is 28.3. The molecule has 5 rings (SSSR count). The van der Waals surface area contributed by atoms with Gasteiger partial charge in [0.05, 0.1) is 22.8 Å². The Morgan fingerprint density at radius 2 is 1.50 bits per heavy atom. The highest BCUT2D eigenvalue weighted by Gasteiger charge is 2.36. The molecule has 5 N–H and O–H groups in total. The molecular weight excluding hydrogens is 586 g/mol. The highest BCUT2D eigenvalue weighted by Crippen LogP contribution is 2.39. The molecule has 2 aliphatic rings. The summed E-state index contributed by atoms with van der Waals surface area (Å²) < 4.78 is 6.15. The van der Waals surface area contributed by atoms with Gasteiger partial charge < -0.3 is 35.8 Å². The molecule has 0 aliphatic carbocycles. The van der Waals surface area contributed by atoms with Gasteiger partial charge in [-0.25, -0.2) is 14.4 Å². The van der Waals surface area contributed by atoms with Crippen molar-refractivity contribution in [2.75, 3.05) is 49.5 Å². The lowest BCUT2D eigenvalue weighted by Crippen LogP contribution is -2.47. The minimum absolute atomic E-state index is 0.0461.